The van der Waals surface area contributed by atoms with Gasteiger partial charge in [0, 0.05) is 6.20 Å². The van der Waals surface area contributed by atoms with Crippen LogP contribution < -0.4 is 0 Å². The number of benzene rings is 3. The Morgan fingerprint density at radius 2 is 1.33 bits per heavy atom. The van der Waals surface area contributed by atoms with Crippen molar-refractivity contribution >= 4 is 5.97 Å². The summed E-state index contributed by atoms with van der Waals surface area (Å²) in [7, 11) is 0. The number of ether oxygens (including phenoxy) is 5. The molecule has 226 valence electrons. The van der Waals surface area contributed by atoms with Gasteiger partial charge in [-0.1, -0.05) is 91.0 Å². The van der Waals surface area contributed by atoms with Gasteiger partial charge in [0.05, 0.1) is 43.9 Å². The highest BCUT2D eigenvalue weighted by Gasteiger charge is 2.48. The molecule has 1 saturated heterocycles. The molecule has 0 bridgehead atoms. The first-order valence-electron chi connectivity index (χ1n) is 14.6. The Morgan fingerprint density at radius 1 is 0.791 bits per heavy atom. The van der Waals surface area contributed by atoms with Crippen LogP contribution in [-0.2, 0) is 55.0 Å². The molecule has 2 heterocycles. The fourth-order valence-corrected chi connectivity index (χ4v) is 4.83. The number of carbonyl (C=O) groups excluding carboxylic acids is 1. The molecule has 0 aliphatic carbocycles. The van der Waals surface area contributed by atoms with E-state index in [2.05, 4.69) is 4.98 Å². The first kappa shape index (κ1) is 30.6. The van der Waals surface area contributed by atoms with Crippen LogP contribution in [0.4, 0.5) is 0 Å². The van der Waals surface area contributed by atoms with Crippen LogP contribution in [-0.4, -0.2) is 40.4 Å². The molecule has 8 nitrogen and oxygen atoms in total. The second kappa shape index (κ2) is 14.6. The maximum Gasteiger partial charge on any atom is 0.312 e. The van der Waals surface area contributed by atoms with Crippen molar-refractivity contribution in [3.05, 3.63) is 126 Å². The molecule has 1 aliphatic rings. The lowest BCUT2D eigenvalue weighted by molar-refractivity contribution is -0.156. The monoisotopic (exact) mass is 584 g/mol. The lowest BCUT2D eigenvalue weighted by Gasteiger charge is -2.25. The number of aromatic nitrogens is 2. The minimum atomic E-state index is -0.593. The highest BCUT2D eigenvalue weighted by Crippen LogP contribution is 2.38. The first-order valence-corrected chi connectivity index (χ1v) is 14.6. The summed E-state index contributed by atoms with van der Waals surface area (Å²) in [6, 6.07) is 30.1. The maximum absolute atomic E-state index is 12.3. The molecule has 1 aliphatic heterocycles. The van der Waals surface area contributed by atoms with E-state index in [0.29, 0.717) is 32.1 Å². The average Bonchev–Trinajstić information content (AvgIpc) is 3.63. The fraction of sp³-hybridized carbons (Fsp3) is 0.371. The van der Waals surface area contributed by atoms with Gasteiger partial charge in [0.15, 0.2) is 6.73 Å². The Kier molecular flexibility index (Phi) is 10.4. The molecule has 0 saturated carbocycles. The van der Waals surface area contributed by atoms with E-state index in [4.69, 9.17) is 23.7 Å². The zero-order valence-corrected chi connectivity index (χ0v) is 25.0. The van der Waals surface area contributed by atoms with Crippen molar-refractivity contribution in [2.24, 2.45) is 5.41 Å². The van der Waals surface area contributed by atoms with Crippen molar-refractivity contribution in [2.75, 3.05) is 6.61 Å². The Hall–Kier alpha value is -3.82. The first-order chi connectivity index (χ1) is 20.9. The van der Waals surface area contributed by atoms with Crippen LogP contribution in [0.2, 0.25) is 0 Å². The summed E-state index contributed by atoms with van der Waals surface area (Å²) in [6.07, 6.45) is 1.67. The number of imidazole rings is 1. The zero-order chi connectivity index (χ0) is 30.1. The number of rotatable bonds is 13. The molecule has 0 radical (unpaired) electrons. The minimum absolute atomic E-state index is 0.0584. The van der Waals surface area contributed by atoms with E-state index < -0.39 is 29.8 Å². The summed E-state index contributed by atoms with van der Waals surface area (Å²) in [5.41, 5.74) is 3.26. The number of hydrogen-bond acceptors (Lipinski definition) is 7. The molecule has 0 N–H and O–H groups in total. The van der Waals surface area contributed by atoms with Gasteiger partial charge in [0.25, 0.3) is 0 Å². The number of esters is 1. The van der Waals surface area contributed by atoms with Crippen LogP contribution in [0.1, 0.15) is 49.3 Å². The van der Waals surface area contributed by atoms with Gasteiger partial charge in [-0.3, -0.25) is 4.79 Å². The van der Waals surface area contributed by atoms with E-state index in [0.717, 1.165) is 16.7 Å². The predicted molar refractivity (Wildman–Crippen MR) is 162 cm³/mol. The summed E-state index contributed by atoms with van der Waals surface area (Å²) in [4.78, 5) is 16.9. The van der Waals surface area contributed by atoms with Gasteiger partial charge in [0.2, 0.25) is 0 Å². The Morgan fingerprint density at radius 3 is 1.88 bits per heavy atom. The van der Waals surface area contributed by atoms with Crippen molar-refractivity contribution < 1.29 is 28.5 Å². The molecule has 4 aromatic rings. The molecule has 0 amide bonds. The van der Waals surface area contributed by atoms with E-state index in [9.17, 15) is 4.79 Å². The second-order valence-electron chi connectivity index (χ2n) is 11.7. The van der Waals surface area contributed by atoms with Crippen LogP contribution >= 0.6 is 0 Å². The van der Waals surface area contributed by atoms with Crippen molar-refractivity contribution in [3.8, 4) is 0 Å². The van der Waals surface area contributed by atoms with Crippen LogP contribution in [0.3, 0.4) is 0 Å². The molecule has 1 aromatic heterocycles. The smallest absolute Gasteiger partial charge is 0.312 e. The Labute approximate surface area is 253 Å². The van der Waals surface area contributed by atoms with Crippen molar-refractivity contribution in [1.29, 1.82) is 0 Å². The lowest BCUT2D eigenvalue weighted by Crippen LogP contribution is -2.37. The van der Waals surface area contributed by atoms with Gasteiger partial charge < -0.3 is 28.3 Å². The van der Waals surface area contributed by atoms with Crippen molar-refractivity contribution in [1.82, 2.24) is 9.55 Å². The van der Waals surface area contributed by atoms with Crippen LogP contribution in [0.15, 0.2) is 104 Å². The third-order valence-electron chi connectivity index (χ3n) is 7.18. The predicted octanol–water partition coefficient (Wildman–Crippen LogP) is 6.26. The van der Waals surface area contributed by atoms with Crippen LogP contribution in [0.25, 0.3) is 0 Å². The molecule has 1 fully saturated rings. The van der Waals surface area contributed by atoms with E-state index >= 15 is 0 Å². The second-order valence-corrected chi connectivity index (χ2v) is 11.7. The summed E-state index contributed by atoms with van der Waals surface area (Å²) >= 11 is 0. The highest BCUT2D eigenvalue weighted by molar-refractivity contribution is 5.75. The van der Waals surface area contributed by atoms with Crippen LogP contribution in [0, 0.1) is 5.41 Å². The Bertz CT molecular complexity index is 1400. The third kappa shape index (κ3) is 8.61. The lowest BCUT2D eigenvalue weighted by atomic mass is 9.98. The van der Waals surface area contributed by atoms with Crippen molar-refractivity contribution in [3.63, 3.8) is 0 Å². The SMILES string of the molecule is CC(C)(C)C(=O)OCn1cnc([C@@H]2O[C@H](COCc3ccccc3)[C@@H](OCc3ccccc3)[C@H]2OCc2ccccc2)c1. The number of nitrogens with zero attached hydrogens (tertiary/aromatic N) is 2. The van der Waals surface area contributed by atoms with Crippen molar-refractivity contribution in [2.45, 2.75) is 71.7 Å². The molecule has 4 atom stereocenters. The van der Waals surface area contributed by atoms with Gasteiger partial charge in [-0.25, -0.2) is 4.98 Å². The highest BCUT2D eigenvalue weighted by atomic mass is 16.6. The molecular weight excluding hydrogens is 544 g/mol. The van der Waals surface area contributed by atoms with Gasteiger partial charge >= 0.3 is 5.97 Å². The molecule has 0 unspecified atom stereocenters. The molecule has 0 spiro atoms. The van der Waals surface area contributed by atoms with Gasteiger partial charge in [-0.2, -0.15) is 0 Å². The topological polar surface area (TPSA) is 81.0 Å². The Balaban J connectivity index is 1.36. The van der Waals surface area contributed by atoms with E-state index in [-0.39, 0.29) is 12.7 Å². The van der Waals surface area contributed by atoms with Gasteiger partial charge in [0.1, 0.15) is 24.4 Å². The molecule has 5 rings (SSSR count). The van der Waals surface area contributed by atoms with E-state index in [1.807, 2.05) is 118 Å². The maximum atomic E-state index is 12.3. The van der Waals surface area contributed by atoms with E-state index in [1.165, 1.54) is 0 Å². The zero-order valence-electron chi connectivity index (χ0n) is 25.0. The quantitative estimate of drug-likeness (QED) is 0.172. The molecule has 43 heavy (non-hydrogen) atoms. The van der Waals surface area contributed by atoms with Crippen LogP contribution in [0.5, 0.6) is 0 Å². The minimum Gasteiger partial charge on any atom is -0.443 e. The van der Waals surface area contributed by atoms with E-state index in [1.54, 1.807) is 10.9 Å². The summed E-state index contributed by atoms with van der Waals surface area (Å²) in [5.74, 6) is -0.283. The fourth-order valence-electron chi connectivity index (χ4n) is 4.83. The van der Waals surface area contributed by atoms with Gasteiger partial charge in [-0.15, -0.1) is 0 Å². The average molecular weight is 585 g/mol. The van der Waals surface area contributed by atoms with Gasteiger partial charge in [-0.05, 0) is 37.5 Å². The molecular formula is C35H40N2O6. The summed E-state index contributed by atoms with van der Waals surface area (Å²) in [6.45, 7) is 7.10. The standard InChI is InChI=1S/C35H40N2O6/c1-35(2,3)34(38)42-25-37-19-29(36-24-37)31-33(41-22-28-17-11-6-12-18-28)32(40-21-27-15-9-5-10-16-27)30(43-31)23-39-20-26-13-7-4-8-14-26/h4-19,24,30-33H,20-23,25H2,1-3H3/t30-,31+,32-,33+/m1/s1. The number of carbonyl (C=O) groups is 1. The third-order valence-corrected chi connectivity index (χ3v) is 7.18. The molecule has 3 aromatic carbocycles. The summed E-state index contributed by atoms with van der Waals surface area (Å²) < 4.78 is 33.1. The normalized spacial score (nSPS) is 20.3. The number of hydrogen-bond donors (Lipinski definition) is 0. The summed E-state index contributed by atoms with van der Waals surface area (Å²) in [5, 5.41) is 0. The largest absolute Gasteiger partial charge is 0.443 e. The molecule has 8 heteroatoms.